The number of fused-ring (bicyclic) bond motifs is 1. The number of hydrogen-bond donors (Lipinski definition) is 1. The maximum atomic E-state index is 5.89. The van der Waals surface area contributed by atoms with Gasteiger partial charge in [0.05, 0.1) is 6.04 Å². The molecule has 0 aliphatic carbocycles. The third-order valence-electron chi connectivity index (χ3n) is 3.84. The average molecular weight is 281 g/mol. The minimum absolute atomic E-state index is 0.183. The van der Waals surface area contributed by atoms with E-state index in [4.69, 9.17) is 5.73 Å². The lowest BCUT2D eigenvalue weighted by Gasteiger charge is -2.28. The van der Waals surface area contributed by atoms with E-state index in [1.807, 2.05) is 28.8 Å². The van der Waals surface area contributed by atoms with Crippen molar-refractivity contribution in [2.75, 3.05) is 17.7 Å². The molecule has 3 aromatic rings. The molecule has 108 valence electrons. The summed E-state index contributed by atoms with van der Waals surface area (Å²) in [7, 11) is 2.06. The van der Waals surface area contributed by atoms with E-state index in [9.17, 15) is 0 Å². The van der Waals surface area contributed by atoms with Crippen LogP contribution in [-0.4, -0.2) is 21.6 Å². The molecule has 0 aliphatic rings. The summed E-state index contributed by atoms with van der Waals surface area (Å²) in [6.07, 6.45) is 1.58. The first-order valence-corrected chi connectivity index (χ1v) is 6.95. The van der Waals surface area contributed by atoms with E-state index in [0.717, 1.165) is 22.7 Å². The van der Waals surface area contributed by atoms with Crippen molar-refractivity contribution < 1.29 is 0 Å². The molecule has 3 rings (SSSR count). The lowest BCUT2D eigenvalue weighted by molar-refractivity contribution is 0.712. The van der Waals surface area contributed by atoms with Crippen LogP contribution in [0.3, 0.4) is 0 Å². The van der Waals surface area contributed by atoms with E-state index in [0.29, 0.717) is 0 Å². The molecule has 0 fully saturated rings. The Morgan fingerprint density at radius 2 is 2.05 bits per heavy atom. The van der Waals surface area contributed by atoms with Crippen molar-refractivity contribution >= 4 is 17.2 Å². The van der Waals surface area contributed by atoms with Crippen molar-refractivity contribution in [3.05, 3.63) is 53.9 Å². The fourth-order valence-corrected chi connectivity index (χ4v) is 2.53. The van der Waals surface area contributed by atoms with E-state index in [2.05, 4.69) is 48.0 Å². The Morgan fingerprint density at radius 1 is 1.24 bits per heavy atom. The Morgan fingerprint density at radius 3 is 2.81 bits per heavy atom. The number of aryl methyl sites for hydroxylation is 1. The van der Waals surface area contributed by atoms with Gasteiger partial charge in [-0.15, -0.1) is 0 Å². The number of nitrogen functional groups attached to an aromatic ring is 1. The van der Waals surface area contributed by atoms with Gasteiger partial charge in [-0.1, -0.05) is 12.1 Å². The molecule has 2 aromatic heterocycles. The van der Waals surface area contributed by atoms with Crippen molar-refractivity contribution in [3.63, 3.8) is 0 Å². The van der Waals surface area contributed by atoms with Crippen molar-refractivity contribution in [1.82, 2.24) is 14.6 Å². The minimum atomic E-state index is 0.183. The Labute approximate surface area is 124 Å². The van der Waals surface area contributed by atoms with Crippen LogP contribution in [0, 0.1) is 6.92 Å². The van der Waals surface area contributed by atoms with Crippen LogP contribution >= 0.6 is 0 Å². The molecule has 5 nitrogen and oxygen atoms in total. The second-order valence-corrected chi connectivity index (χ2v) is 5.38. The first-order valence-electron chi connectivity index (χ1n) is 6.95. The lowest BCUT2D eigenvalue weighted by Crippen LogP contribution is -2.24. The lowest BCUT2D eigenvalue weighted by atomic mass is 10.1. The van der Waals surface area contributed by atoms with E-state index < -0.39 is 0 Å². The first-order chi connectivity index (χ1) is 10.1. The molecule has 1 unspecified atom stereocenters. The Hall–Kier alpha value is -2.56. The second kappa shape index (κ2) is 5.09. The predicted molar refractivity (Wildman–Crippen MR) is 85.4 cm³/mol. The number of benzene rings is 1. The number of nitrogens with two attached hydrogens (primary N) is 1. The second-order valence-electron chi connectivity index (χ2n) is 5.38. The third-order valence-corrected chi connectivity index (χ3v) is 3.84. The zero-order valence-electron chi connectivity index (χ0n) is 12.5. The smallest absolute Gasteiger partial charge is 0.157 e. The van der Waals surface area contributed by atoms with Crippen LogP contribution in [0.1, 0.15) is 24.1 Å². The largest absolute Gasteiger partial charge is 0.399 e. The molecule has 0 saturated heterocycles. The standard InChI is InChI=1S/C16H19N5/c1-11-7-15-18-10-19-21(15)16(8-11)20(3)12(2)13-5-4-6-14(17)9-13/h4-10,12H,17H2,1-3H3. The fourth-order valence-electron chi connectivity index (χ4n) is 2.53. The van der Waals surface area contributed by atoms with Gasteiger partial charge >= 0.3 is 0 Å². The summed E-state index contributed by atoms with van der Waals surface area (Å²) in [6, 6.07) is 12.3. The maximum absolute atomic E-state index is 5.89. The van der Waals surface area contributed by atoms with Crippen LogP contribution < -0.4 is 10.6 Å². The van der Waals surface area contributed by atoms with Crippen molar-refractivity contribution in [2.45, 2.75) is 19.9 Å². The van der Waals surface area contributed by atoms with Crippen LogP contribution in [0.4, 0.5) is 11.5 Å². The van der Waals surface area contributed by atoms with Crippen LogP contribution in [0.2, 0.25) is 0 Å². The number of aromatic nitrogens is 3. The monoisotopic (exact) mass is 281 g/mol. The van der Waals surface area contributed by atoms with E-state index in [-0.39, 0.29) is 6.04 Å². The summed E-state index contributed by atoms with van der Waals surface area (Å²) in [6.45, 7) is 4.22. The van der Waals surface area contributed by atoms with Gasteiger partial charge in [0.25, 0.3) is 0 Å². The number of hydrogen-bond acceptors (Lipinski definition) is 4. The van der Waals surface area contributed by atoms with Gasteiger partial charge < -0.3 is 10.6 Å². The van der Waals surface area contributed by atoms with Crippen LogP contribution in [-0.2, 0) is 0 Å². The Kier molecular flexibility index (Phi) is 3.25. The van der Waals surface area contributed by atoms with Gasteiger partial charge in [0, 0.05) is 12.7 Å². The minimum Gasteiger partial charge on any atom is -0.399 e. The summed E-state index contributed by atoms with van der Waals surface area (Å²) in [5.41, 5.74) is 9.86. The number of pyridine rings is 1. The number of rotatable bonds is 3. The molecule has 1 atom stereocenters. The summed E-state index contributed by atoms with van der Waals surface area (Å²) in [4.78, 5) is 6.46. The quantitative estimate of drug-likeness (QED) is 0.750. The van der Waals surface area contributed by atoms with Crippen LogP contribution in [0.25, 0.3) is 5.65 Å². The average Bonchev–Trinajstić information content (AvgIpc) is 2.93. The number of nitrogens with zero attached hydrogens (tertiary/aromatic N) is 4. The molecular formula is C16H19N5. The summed E-state index contributed by atoms with van der Waals surface area (Å²) >= 11 is 0. The van der Waals surface area contributed by atoms with Crippen LogP contribution in [0.5, 0.6) is 0 Å². The Bertz CT molecular complexity index is 777. The van der Waals surface area contributed by atoms with E-state index in [1.165, 1.54) is 5.56 Å². The first kappa shape index (κ1) is 13.4. The maximum Gasteiger partial charge on any atom is 0.157 e. The fraction of sp³-hybridized carbons (Fsp3) is 0.250. The van der Waals surface area contributed by atoms with Gasteiger partial charge in [-0.3, -0.25) is 0 Å². The highest BCUT2D eigenvalue weighted by Gasteiger charge is 2.16. The summed E-state index contributed by atoms with van der Waals surface area (Å²) < 4.78 is 1.86. The highest BCUT2D eigenvalue weighted by Crippen LogP contribution is 2.27. The van der Waals surface area contributed by atoms with Gasteiger partial charge in [0.2, 0.25) is 0 Å². The molecule has 2 N–H and O–H groups in total. The molecule has 0 spiro atoms. The van der Waals surface area contributed by atoms with Gasteiger partial charge in [-0.2, -0.15) is 9.61 Å². The molecule has 5 heteroatoms. The topological polar surface area (TPSA) is 59.5 Å². The highest BCUT2D eigenvalue weighted by molar-refractivity contribution is 5.54. The van der Waals surface area contributed by atoms with Crippen molar-refractivity contribution in [2.24, 2.45) is 0 Å². The van der Waals surface area contributed by atoms with E-state index >= 15 is 0 Å². The SMILES string of the molecule is Cc1cc(N(C)C(C)c2cccc(N)c2)n2ncnc2c1. The molecule has 0 amide bonds. The molecule has 1 aromatic carbocycles. The zero-order chi connectivity index (χ0) is 15.0. The summed E-state index contributed by atoms with van der Waals surface area (Å²) in [5, 5.41) is 4.31. The normalized spacial score (nSPS) is 12.5. The van der Waals surface area contributed by atoms with Gasteiger partial charge in [0.1, 0.15) is 12.1 Å². The highest BCUT2D eigenvalue weighted by atomic mass is 15.4. The molecule has 0 radical (unpaired) electrons. The summed E-state index contributed by atoms with van der Waals surface area (Å²) in [5.74, 6) is 1.01. The number of anilines is 2. The molecule has 0 bridgehead atoms. The van der Waals surface area contributed by atoms with Gasteiger partial charge in [-0.05, 0) is 49.2 Å². The predicted octanol–water partition coefficient (Wildman–Crippen LogP) is 2.82. The molecule has 0 saturated carbocycles. The molecular weight excluding hydrogens is 262 g/mol. The van der Waals surface area contributed by atoms with Crippen molar-refractivity contribution in [1.29, 1.82) is 0 Å². The zero-order valence-corrected chi connectivity index (χ0v) is 12.5. The molecule has 2 heterocycles. The molecule has 0 aliphatic heterocycles. The van der Waals surface area contributed by atoms with Crippen molar-refractivity contribution in [3.8, 4) is 0 Å². The van der Waals surface area contributed by atoms with Gasteiger partial charge in [-0.25, -0.2) is 4.98 Å². The Balaban J connectivity index is 2.03. The third kappa shape index (κ3) is 2.42. The van der Waals surface area contributed by atoms with Gasteiger partial charge in [0.15, 0.2) is 5.65 Å². The van der Waals surface area contributed by atoms with E-state index in [1.54, 1.807) is 6.33 Å². The van der Waals surface area contributed by atoms with Crippen LogP contribution in [0.15, 0.2) is 42.7 Å². The molecule has 21 heavy (non-hydrogen) atoms.